The first kappa shape index (κ1) is 13.1. The second-order valence-electron chi connectivity index (χ2n) is 4.13. The molecule has 1 aromatic heterocycles. The first-order chi connectivity index (χ1) is 7.76. The molecule has 0 spiro atoms. The molecule has 0 aliphatic heterocycles. The summed E-state index contributed by atoms with van der Waals surface area (Å²) in [7, 11) is 3.77. The van der Waals surface area contributed by atoms with E-state index >= 15 is 0 Å². The molecule has 1 heterocycles. The first-order valence-corrected chi connectivity index (χ1v) is 5.86. The van der Waals surface area contributed by atoms with Crippen molar-refractivity contribution in [2.45, 2.75) is 38.3 Å². The van der Waals surface area contributed by atoms with Gasteiger partial charge in [0.2, 0.25) is 0 Å². The summed E-state index contributed by atoms with van der Waals surface area (Å²) in [6.45, 7) is 2.10. The predicted molar refractivity (Wildman–Crippen MR) is 66.5 cm³/mol. The summed E-state index contributed by atoms with van der Waals surface area (Å²) in [5, 5.41) is 3.33. The highest BCUT2D eigenvalue weighted by molar-refractivity contribution is 5.05. The third-order valence-corrected chi connectivity index (χ3v) is 2.91. The van der Waals surface area contributed by atoms with Crippen molar-refractivity contribution in [3.8, 4) is 0 Å². The van der Waals surface area contributed by atoms with Gasteiger partial charge in [-0.1, -0.05) is 6.07 Å². The van der Waals surface area contributed by atoms with Crippen LogP contribution in [0.4, 0.5) is 0 Å². The summed E-state index contributed by atoms with van der Waals surface area (Å²) >= 11 is 0. The van der Waals surface area contributed by atoms with Crippen molar-refractivity contribution in [3.05, 3.63) is 30.1 Å². The smallest absolute Gasteiger partial charge is 0.0543 e. The van der Waals surface area contributed by atoms with Gasteiger partial charge in [0.1, 0.15) is 0 Å². The molecular weight excluding hydrogens is 200 g/mol. The fourth-order valence-corrected chi connectivity index (χ4v) is 1.67. The van der Waals surface area contributed by atoms with E-state index < -0.39 is 0 Å². The number of nitrogens with zero attached hydrogens (tertiary/aromatic N) is 1. The van der Waals surface area contributed by atoms with Crippen LogP contribution in [-0.2, 0) is 11.2 Å². The second-order valence-corrected chi connectivity index (χ2v) is 4.13. The molecule has 3 heteroatoms. The second kappa shape index (κ2) is 7.36. The number of hydrogen-bond acceptors (Lipinski definition) is 3. The number of rotatable bonds is 7. The minimum absolute atomic E-state index is 0.333. The average Bonchev–Trinajstić information content (AvgIpc) is 2.35. The van der Waals surface area contributed by atoms with Gasteiger partial charge in [-0.05, 0) is 38.9 Å². The van der Waals surface area contributed by atoms with Gasteiger partial charge in [0.25, 0.3) is 0 Å². The summed E-state index contributed by atoms with van der Waals surface area (Å²) in [6, 6.07) is 6.54. The number of aromatic nitrogens is 1. The van der Waals surface area contributed by atoms with Crippen molar-refractivity contribution in [3.63, 3.8) is 0 Å². The molecule has 0 aliphatic rings. The van der Waals surface area contributed by atoms with E-state index in [1.165, 1.54) is 0 Å². The summed E-state index contributed by atoms with van der Waals surface area (Å²) in [5.41, 5.74) is 1.15. The summed E-state index contributed by atoms with van der Waals surface area (Å²) in [4.78, 5) is 4.34. The Morgan fingerprint density at radius 3 is 2.75 bits per heavy atom. The largest absolute Gasteiger partial charge is 0.382 e. The van der Waals surface area contributed by atoms with E-state index in [9.17, 15) is 0 Å². The van der Waals surface area contributed by atoms with Gasteiger partial charge in [0.15, 0.2) is 0 Å². The maximum atomic E-state index is 5.25. The van der Waals surface area contributed by atoms with E-state index in [-0.39, 0.29) is 0 Å². The summed E-state index contributed by atoms with van der Waals surface area (Å²) in [6.07, 6.45) is 5.35. The Balaban J connectivity index is 2.37. The van der Waals surface area contributed by atoms with Crippen LogP contribution in [0.5, 0.6) is 0 Å². The van der Waals surface area contributed by atoms with E-state index in [1.807, 2.05) is 25.4 Å². The molecule has 16 heavy (non-hydrogen) atoms. The molecule has 0 aliphatic carbocycles. The number of ether oxygens (including phenoxy) is 1. The van der Waals surface area contributed by atoms with Gasteiger partial charge in [-0.2, -0.15) is 0 Å². The molecule has 90 valence electrons. The molecular formula is C13H22N2O. The third-order valence-electron chi connectivity index (χ3n) is 2.91. The van der Waals surface area contributed by atoms with E-state index in [0.717, 1.165) is 25.0 Å². The van der Waals surface area contributed by atoms with Crippen molar-refractivity contribution < 1.29 is 4.74 Å². The zero-order chi connectivity index (χ0) is 11.8. The molecule has 0 amide bonds. The van der Waals surface area contributed by atoms with Crippen LogP contribution in [0.1, 0.15) is 25.5 Å². The third kappa shape index (κ3) is 4.73. The lowest BCUT2D eigenvalue weighted by Crippen LogP contribution is -2.29. The summed E-state index contributed by atoms with van der Waals surface area (Å²) in [5.74, 6) is 0. The molecule has 1 N–H and O–H groups in total. The number of likely N-dealkylation sites (N-methyl/N-ethyl adjacent to an activating group) is 1. The monoisotopic (exact) mass is 222 g/mol. The maximum Gasteiger partial charge on any atom is 0.0543 e. The van der Waals surface area contributed by atoms with Gasteiger partial charge in [0.05, 0.1) is 6.10 Å². The first-order valence-electron chi connectivity index (χ1n) is 5.86. The van der Waals surface area contributed by atoms with Crippen LogP contribution >= 0.6 is 0 Å². The molecule has 2 unspecified atom stereocenters. The van der Waals surface area contributed by atoms with Gasteiger partial charge in [-0.25, -0.2) is 0 Å². The fraction of sp³-hybridized carbons (Fsp3) is 0.615. The SMILES string of the molecule is CNC(CCC(C)OC)Cc1ccccn1. The zero-order valence-corrected chi connectivity index (χ0v) is 10.4. The quantitative estimate of drug-likeness (QED) is 0.766. The minimum atomic E-state index is 0.333. The van der Waals surface area contributed by atoms with E-state index in [1.54, 1.807) is 7.11 Å². The van der Waals surface area contributed by atoms with Crippen LogP contribution in [0.2, 0.25) is 0 Å². The van der Waals surface area contributed by atoms with Crippen LogP contribution in [-0.4, -0.2) is 31.3 Å². The molecule has 0 saturated carbocycles. The number of methoxy groups -OCH3 is 1. The average molecular weight is 222 g/mol. The lowest BCUT2D eigenvalue weighted by Gasteiger charge is -2.17. The number of hydrogen-bond donors (Lipinski definition) is 1. The lowest BCUT2D eigenvalue weighted by molar-refractivity contribution is 0.106. The fourth-order valence-electron chi connectivity index (χ4n) is 1.67. The van der Waals surface area contributed by atoms with Gasteiger partial charge in [-0.15, -0.1) is 0 Å². The highest BCUT2D eigenvalue weighted by Crippen LogP contribution is 2.08. The zero-order valence-electron chi connectivity index (χ0n) is 10.4. The minimum Gasteiger partial charge on any atom is -0.382 e. The van der Waals surface area contributed by atoms with Crippen LogP contribution in [0.25, 0.3) is 0 Å². The van der Waals surface area contributed by atoms with E-state index in [0.29, 0.717) is 12.1 Å². The molecule has 1 aromatic rings. The number of nitrogens with one attached hydrogen (secondary N) is 1. The highest BCUT2D eigenvalue weighted by atomic mass is 16.5. The van der Waals surface area contributed by atoms with Crippen LogP contribution < -0.4 is 5.32 Å². The lowest BCUT2D eigenvalue weighted by atomic mass is 10.0. The Labute approximate surface area is 98.2 Å². The molecule has 0 radical (unpaired) electrons. The highest BCUT2D eigenvalue weighted by Gasteiger charge is 2.09. The van der Waals surface area contributed by atoms with Gasteiger partial charge in [0, 0.05) is 31.5 Å². The van der Waals surface area contributed by atoms with Crippen molar-refractivity contribution in [1.82, 2.24) is 10.3 Å². The standard InChI is InChI=1S/C13H22N2O/c1-11(16-3)7-8-12(14-2)10-13-6-4-5-9-15-13/h4-6,9,11-12,14H,7-8,10H2,1-3H3. The van der Waals surface area contributed by atoms with Gasteiger partial charge >= 0.3 is 0 Å². The number of pyridine rings is 1. The van der Waals surface area contributed by atoms with Crippen LogP contribution in [0, 0.1) is 0 Å². The Morgan fingerprint density at radius 2 is 2.19 bits per heavy atom. The molecule has 0 saturated heterocycles. The topological polar surface area (TPSA) is 34.1 Å². The van der Waals surface area contributed by atoms with Crippen molar-refractivity contribution in [1.29, 1.82) is 0 Å². The maximum absolute atomic E-state index is 5.25. The molecule has 2 atom stereocenters. The van der Waals surface area contributed by atoms with Crippen molar-refractivity contribution in [2.75, 3.05) is 14.2 Å². The van der Waals surface area contributed by atoms with Crippen molar-refractivity contribution in [2.24, 2.45) is 0 Å². The van der Waals surface area contributed by atoms with Crippen LogP contribution in [0.3, 0.4) is 0 Å². The Bertz CT molecular complexity index is 277. The molecule has 0 bridgehead atoms. The molecule has 0 aromatic carbocycles. The predicted octanol–water partition coefficient (Wildman–Crippen LogP) is 2.03. The molecule has 3 nitrogen and oxygen atoms in total. The van der Waals surface area contributed by atoms with Gasteiger partial charge in [-0.3, -0.25) is 4.98 Å². The Kier molecular flexibility index (Phi) is 6.04. The Hall–Kier alpha value is -0.930. The van der Waals surface area contributed by atoms with Crippen molar-refractivity contribution >= 4 is 0 Å². The summed E-state index contributed by atoms with van der Waals surface area (Å²) < 4.78 is 5.25. The van der Waals surface area contributed by atoms with Gasteiger partial charge < -0.3 is 10.1 Å². The van der Waals surface area contributed by atoms with E-state index in [4.69, 9.17) is 4.74 Å². The normalized spacial score (nSPS) is 14.7. The molecule has 0 fully saturated rings. The van der Waals surface area contributed by atoms with Crippen LogP contribution in [0.15, 0.2) is 24.4 Å². The van der Waals surface area contributed by atoms with E-state index in [2.05, 4.69) is 23.3 Å². The Morgan fingerprint density at radius 1 is 1.38 bits per heavy atom. The molecule has 1 rings (SSSR count).